The Morgan fingerprint density at radius 2 is 1.86 bits per heavy atom. The normalized spacial score (nSPS) is 20.9. The Morgan fingerprint density at radius 3 is 2.55 bits per heavy atom. The van der Waals surface area contributed by atoms with E-state index in [1.54, 1.807) is 11.3 Å². The highest BCUT2D eigenvalue weighted by Gasteiger charge is 2.41. The van der Waals surface area contributed by atoms with Gasteiger partial charge >= 0.3 is 0 Å². The summed E-state index contributed by atoms with van der Waals surface area (Å²) in [4.78, 5) is 15.7. The Kier molecular flexibility index (Phi) is 3.44. The van der Waals surface area contributed by atoms with Gasteiger partial charge in [-0.25, -0.2) is 0 Å². The van der Waals surface area contributed by atoms with Crippen LogP contribution in [0.1, 0.15) is 28.1 Å². The van der Waals surface area contributed by atoms with E-state index in [1.807, 2.05) is 24.0 Å². The van der Waals surface area contributed by atoms with Crippen LogP contribution in [0, 0.1) is 6.92 Å². The molecule has 2 fully saturated rings. The molecule has 2 aromatic rings. The van der Waals surface area contributed by atoms with Crippen LogP contribution in [-0.4, -0.2) is 42.9 Å². The summed E-state index contributed by atoms with van der Waals surface area (Å²) in [5.74, 6) is -0.280. The summed E-state index contributed by atoms with van der Waals surface area (Å²) in [5.41, 5.74) is 1.10. The second-order valence-electron chi connectivity index (χ2n) is 5.95. The van der Waals surface area contributed by atoms with Crippen molar-refractivity contribution in [2.24, 2.45) is 0 Å². The molecule has 0 saturated carbocycles. The summed E-state index contributed by atoms with van der Waals surface area (Å²) in [6.07, 6.45) is 1.53. The minimum Gasteiger partial charge on any atom is -0.347 e. The van der Waals surface area contributed by atoms with E-state index < -0.39 is 5.79 Å². The summed E-state index contributed by atoms with van der Waals surface area (Å²) >= 11 is 1.60. The first kappa shape index (κ1) is 14.2. The van der Waals surface area contributed by atoms with Gasteiger partial charge in [-0.3, -0.25) is 4.79 Å². The number of rotatable bonds is 1. The second-order valence-corrected chi connectivity index (χ2v) is 7.00. The van der Waals surface area contributed by atoms with Crippen molar-refractivity contribution in [3.63, 3.8) is 0 Å². The molecule has 0 N–H and O–H groups in total. The number of benzene rings is 1. The Bertz CT molecular complexity index is 708. The van der Waals surface area contributed by atoms with Gasteiger partial charge in [-0.15, -0.1) is 11.3 Å². The van der Waals surface area contributed by atoms with Crippen LogP contribution in [0.25, 0.3) is 10.1 Å². The monoisotopic (exact) mass is 317 g/mol. The quantitative estimate of drug-likeness (QED) is 0.811. The summed E-state index contributed by atoms with van der Waals surface area (Å²) < 4.78 is 12.6. The maximum Gasteiger partial charge on any atom is 0.264 e. The molecule has 4 nitrogen and oxygen atoms in total. The first-order valence-corrected chi connectivity index (χ1v) is 8.55. The molecule has 0 bridgehead atoms. The zero-order valence-electron chi connectivity index (χ0n) is 12.6. The predicted octanol–water partition coefficient (Wildman–Crippen LogP) is 3.19. The Balaban J connectivity index is 1.55. The lowest BCUT2D eigenvalue weighted by molar-refractivity contribution is -0.181. The Labute approximate surface area is 133 Å². The minimum absolute atomic E-state index is 0.145. The molecule has 1 aromatic heterocycles. The van der Waals surface area contributed by atoms with Gasteiger partial charge in [0.15, 0.2) is 5.79 Å². The zero-order chi connectivity index (χ0) is 15.2. The summed E-state index contributed by atoms with van der Waals surface area (Å²) in [5, 5.41) is 1.19. The number of likely N-dealkylation sites (tertiary alicyclic amines) is 1. The highest BCUT2D eigenvalue weighted by molar-refractivity contribution is 7.21. The number of carbonyl (C=O) groups excluding carboxylic acids is 1. The molecule has 1 amide bonds. The molecular formula is C17H19NO3S. The largest absolute Gasteiger partial charge is 0.347 e. The van der Waals surface area contributed by atoms with Crippen LogP contribution in [0.4, 0.5) is 0 Å². The average Bonchev–Trinajstić information content (AvgIpc) is 3.13. The van der Waals surface area contributed by atoms with Crippen LogP contribution in [0.3, 0.4) is 0 Å². The van der Waals surface area contributed by atoms with Crippen molar-refractivity contribution < 1.29 is 14.3 Å². The minimum atomic E-state index is -0.425. The summed E-state index contributed by atoms with van der Waals surface area (Å²) in [6, 6.07) is 8.21. The van der Waals surface area contributed by atoms with Gasteiger partial charge in [0.2, 0.25) is 0 Å². The molecule has 2 aliphatic rings. The van der Waals surface area contributed by atoms with Crippen molar-refractivity contribution in [3.05, 3.63) is 34.7 Å². The lowest BCUT2D eigenvalue weighted by Crippen LogP contribution is -2.47. The molecule has 0 atom stereocenters. The number of aryl methyl sites for hydroxylation is 1. The van der Waals surface area contributed by atoms with Gasteiger partial charge in [0.05, 0.1) is 18.1 Å². The van der Waals surface area contributed by atoms with E-state index in [0.717, 1.165) is 23.3 Å². The molecule has 4 rings (SSSR count). The fourth-order valence-corrected chi connectivity index (χ4v) is 4.54. The lowest BCUT2D eigenvalue weighted by atomic mass is 10.0. The van der Waals surface area contributed by atoms with E-state index in [0.29, 0.717) is 26.3 Å². The fraction of sp³-hybridized carbons (Fsp3) is 0.471. The number of hydrogen-bond acceptors (Lipinski definition) is 4. The van der Waals surface area contributed by atoms with E-state index in [-0.39, 0.29) is 5.91 Å². The van der Waals surface area contributed by atoms with Gasteiger partial charge in [-0.2, -0.15) is 0 Å². The summed E-state index contributed by atoms with van der Waals surface area (Å²) in [6.45, 7) is 4.78. The highest BCUT2D eigenvalue weighted by atomic mass is 32.1. The molecule has 1 spiro atoms. The molecule has 0 radical (unpaired) electrons. The maximum atomic E-state index is 12.8. The third-order valence-electron chi connectivity index (χ3n) is 4.66. The first-order valence-electron chi connectivity index (χ1n) is 7.74. The Hall–Kier alpha value is -1.43. The third-order valence-corrected chi connectivity index (χ3v) is 5.92. The molecule has 1 aromatic carbocycles. The van der Waals surface area contributed by atoms with E-state index in [2.05, 4.69) is 12.1 Å². The number of fused-ring (bicyclic) bond motifs is 1. The smallest absolute Gasteiger partial charge is 0.264 e. The zero-order valence-corrected chi connectivity index (χ0v) is 13.4. The highest BCUT2D eigenvalue weighted by Crippen LogP contribution is 2.35. The average molecular weight is 317 g/mol. The van der Waals surface area contributed by atoms with Crippen LogP contribution in [0.15, 0.2) is 24.3 Å². The van der Waals surface area contributed by atoms with Gasteiger partial charge in [-0.05, 0) is 23.9 Å². The van der Waals surface area contributed by atoms with Crippen molar-refractivity contribution in [2.45, 2.75) is 25.6 Å². The van der Waals surface area contributed by atoms with Crippen molar-refractivity contribution in [1.29, 1.82) is 0 Å². The van der Waals surface area contributed by atoms with Crippen LogP contribution in [0.2, 0.25) is 0 Å². The van der Waals surface area contributed by atoms with E-state index in [9.17, 15) is 4.79 Å². The van der Waals surface area contributed by atoms with Crippen LogP contribution in [-0.2, 0) is 9.47 Å². The topological polar surface area (TPSA) is 38.8 Å². The number of ether oxygens (including phenoxy) is 2. The standard InChI is InChI=1S/C17H19NO3S/c1-12-13-4-2-3-5-14(13)22-15(12)16(19)18-8-6-17(7-9-18)20-10-11-21-17/h2-5H,6-11H2,1H3. The lowest BCUT2D eigenvalue weighted by Gasteiger charge is -2.37. The van der Waals surface area contributed by atoms with Crippen LogP contribution >= 0.6 is 11.3 Å². The molecule has 5 heteroatoms. The molecular weight excluding hydrogens is 298 g/mol. The van der Waals surface area contributed by atoms with Crippen LogP contribution < -0.4 is 0 Å². The first-order chi connectivity index (χ1) is 10.7. The summed E-state index contributed by atoms with van der Waals surface area (Å²) in [7, 11) is 0. The third kappa shape index (κ3) is 2.24. The van der Waals surface area contributed by atoms with Gasteiger partial charge in [-0.1, -0.05) is 18.2 Å². The molecule has 0 unspecified atom stereocenters. The van der Waals surface area contributed by atoms with E-state index in [1.165, 1.54) is 10.1 Å². The maximum absolute atomic E-state index is 12.8. The van der Waals surface area contributed by atoms with Gasteiger partial charge < -0.3 is 14.4 Å². The molecule has 22 heavy (non-hydrogen) atoms. The van der Waals surface area contributed by atoms with E-state index in [4.69, 9.17) is 9.47 Å². The molecule has 116 valence electrons. The second kappa shape index (κ2) is 5.33. The SMILES string of the molecule is Cc1c(C(=O)N2CCC3(CC2)OCCO3)sc2ccccc12. The van der Waals surface area contributed by atoms with Gasteiger partial charge in [0.1, 0.15) is 0 Å². The number of piperidine rings is 1. The van der Waals surface area contributed by atoms with Gasteiger partial charge in [0, 0.05) is 30.6 Å². The number of thiophene rings is 1. The number of nitrogens with zero attached hydrogens (tertiary/aromatic N) is 1. The number of hydrogen-bond donors (Lipinski definition) is 0. The van der Waals surface area contributed by atoms with Crippen LogP contribution in [0.5, 0.6) is 0 Å². The van der Waals surface area contributed by atoms with E-state index >= 15 is 0 Å². The fourth-order valence-electron chi connectivity index (χ4n) is 3.36. The van der Waals surface area contributed by atoms with Crippen molar-refractivity contribution in [1.82, 2.24) is 4.90 Å². The molecule has 2 aliphatic heterocycles. The molecule has 0 aliphatic carbocycles. The van der Waals surface area contributed by atoms with Gasteiger partial charge in [0.25, 0.3) is 5.91 Å². The Morgan fingerprint density at radius 1 is 1.18 bits per heavy atom. The molecule has 2 saturated heterocycles. The molecule has 3 heterocycles. The van der Waals surface area contributed by atoms with Crippen molar-refractivity contribution in [2.75, 3.05) is 26.3 Å². The number of amides is 1. The van der Waals surface area contributed by atoms with Crippen molar-refractivity contribution in [3.8, 4) is 0 Å². The number of carbonyl (C=O) groups is 1. The van der Waals surface area contributed by atoms with Crippen molar-refractivity contribution >= 4 is 27.3 Å². The predicted molar refractivity (Wildman–Crippen MR) is 86.3 cm³/mol.